The summed E-state index contributed by atoms with van der Waals surface area (Å²) < 4.78 is 2.42. The van der Waals surface area contributed by atoms with Gasteiger partial charge < -0.3 is 9.47 Å². The largest absolute Gasteiger partial charge is 0.323 e. The summed E-state index contributed by atoms with van der Waals surface area (Å²) in [5.74, 6) is 1.76. The molecule has 0 aliphatic carbocycles. The van der Waals surface area contributed by atoms with Crippen LogP contribution in [0.25, 0.3) is 11.0 Å². The Hall–Kier alpha value is -1.06. The Kier molecular flexibility index (Phi) is 3.50. The van der Waals surface area contributed by atoms with Crippen molar-refractivity contribution in [2.24, 2.45) is 0 Å². The van der Waals surface area contributed by atoms with Crippen LogP contribution in [0.3, 0.4) is 0 Å². The molecule has 2 heterocycles. The molecule has 1 aliphatic rings. The van der Waals surface area contributed by atoms with Crippen LogP contribution in [0.4, 0.5) is 0 Å². The minimum atomic E-state index is 0.538. The highest BCUT2D eigenvalue weighted by molar-refractivity contribution is 6.17. The number of halogens is 1. The van der Waals surface area contributed by atoms with Gasteiger partial charge >= 0.3 is 0 Å². The molecule has 2 aromatic rings. The summed E-state index contributed by atoms with van der Waals surface area (Å²) in [6.45, 7) is 4.38. The molecule has 0 bridgehead atoms. The van der Waals surface area contributed by atoms with Gasteiger partial charge in [0.1, 0.15) is 5.82 Å². The van der Waals surface area contributed by atoms with Gasteiger partial charge in [0.2, 0.25) is 0 Å². The Morgan fingerprint density at radius 2 is 2.26 bits per heavy atom. The number of nitrogens with zero attached hydrogens (tertiary/aromatic N) is 3. The van der Waals surface area contributed by atoms with E-state index in [2.05, 4.69) is 41.6 Å². The first kappa shape index (κ1) is 12.9. The number of aryl methyl sites for hydroxylation is 2. The topological polar surface area (TPSA) is 21.1 Å². The number of likely N-dealkylation sites (tertiary alicyclic amines) is 1. The molecule has 1 unspecified atom stereocenters. The third kappa shape index (κ3) is 2.37. The number of rotatable bonds is 3. The maximum atomic E-state index is 5.94. The van der Waals surface area contributed by atoms with Crippen molar-refractivity contribution in [3.05, 3.63) is 29.6 Å². The van der Waals surface area contributed by atoms with Crippen molar-refractivity contribution < 1.29 is 0 Å². The molecule has 1 saturated heterocycles. The average molecular weight is 278 g/mol. The SMILES string of the molecule is Cc1ccc2c(c1)nc(CCCl)n2C1CCN(C)C1. The molecule has 4 heteroatoms. The van der Waals surface area contributed by atoms with Gasteiger partial charge in [-0.05, 0) is 44.6 Å². The number of imidazole rings is 1. The second-order valence-electron chi connectivity index (χ2n) is 5.53. The van der Waals surface area contributed by atoms with Gasteiger partial charge in [-0.3, -0.25) is 0 Å². The van der Waals surface area contributed by atoms with Gasteiger partial charge in [-0.25, -0.2) is 4.98 Å². The fraction of sp³-hybridized carbons (Fsp3) is 0.533. The van der Waals surface area contributed by atoms with E-state index in [-0.39, 0.29) is 0 Å². The van der Waals surface area contributed by atoms with E-state index >= 15 is 0 Å². The summed E-state index contributed by atoms with van der Waals surface area (Å²) in [6, 6.07) is 7.08. The molecule has 1 aromatic heterocycles. The average Bonchev–Trinajstić information content (AvgIpc) is 2.92. The molecule has 0 N–H and O–H groups in total. The molecule has 3 nitrogen and oxygen atoms in total. The molecule has 1 fully saturated rings. The van der Waals surface area contributed by atoms with Crippen molar-refractivity contribution in [3.8, 4) is 0 Å². The number of likely N-dealkylation sites (N-methyl/N-ethyl adjacent to an activating group) is 1. The van der Waals surface area contributed by atoms with Crippen LogP contribution in [-0.4, -0.2) is 40.5 Å². The lowest BCUT2D eigenvalue weighted by Gasteiger charge is -2.16. The minimum Gasteiger partial charge on any atom is -0.323 e. The van der Waals surface area contributed by atoms with Gasteiger partial charge in [-0.2, -0.15) is 0 Å². The van der Waals surface area contributed by atoms with Crippen molar-refractivity contribution in [3.63, 3.8) is 0 Å². The Labute approximate surface area is 119 Å². The third-order valence-corrected chi connectivity index (χ3v) is 4.16. The Morgan fingerprint density at radius 1 is 1.42 bits per heavy atom. The third-order valence-electron chi connectivity index (χ3n) is 3.97. The highest BCUT2D eigenvalue weighted by atomic mass is 35.5. The van der Waals surface area contributed by atoms with Crippen molar-refractivity contribution in [2.45, 2.75) is 25.8 Å². The molecule has 0 spiro atoms. The van der Waals surface area contributed by atoms with Gasteiger partial charge in [-0.1, -0.05) is 6.07 Å². The number of alkyl halides is 1. The Balaban J connectivity index is 2.11. The van der Waals surface area contributed by atoms with E-state index in [0.717, 1.165) is 30.9 Å². The first-order valence-corrected chi connectivity index (χ1v) is 7.44. The van der Waals surface area contributed by atoms with Gasteiger partial charge in [0.25, 0.3) is 0 Å². The number of fused-ring (bicyclic) bond motifs is 1. The molecule has 0 saturated carbocycles. The molecule has 1 atom stereocenters. The fourth-order valence-corrected chi connectivity index (χ4v) is 3.22. The lowest BCUT2D eigenvalue weighted by atomic mass is 10.2. The second kappa shape index (κ2) is 5.14. The van der Waals surface area contributed by atoms with Crippen molar-refractivity contribution in [1.29, 1.82) is 0 Å². The summed E-state index contributed by atoms with van der Waals surface area (Å²) in [6.07, 6.45) is 2.04. The van der Waals surface area contributed by atoms with Crippen molar-refractivity contribution >= 4 is 22.6 Å². The van der Waals surface area contributed by atoms with Crippen LogP contribution in [0.1, 0.15) is 23.9 Å². The maximum Gasteiger partial charge on any atom is 0.111 e. The summed E-state index contributed by atoms with van der Waals surface area (Å²) in [5, 5.41) is 0. The molecule has 0 amide bonds. The predicted molar refractivity (Wildman–Crippen MR) is 80.0 cm³/mol. The summed E-state index contributed by atoms with van der Waals surface area (Å²) in [4.78, 5) is 7.18. The van der Waals surface area contributed by atoms with E-state index in [9.17, 15) is 0 Å². The summed E-state index contributed by atoms with van der Waals surface area (Å²) in [7, 11) is 2.19. The van der Waals surface area contributed by atoms with E-state index in [0.29, 0.717) is 11.9 Å². The smallest absolute Gasteiger partial charge is 0.111 e. The normalized spacial score (nSPS) is 20.5. The monoisotopic (exact) mass is 277 g/mol. The fourth-order valence-electron chi connectivity index (χ4n) is 3.05. The van der Waals surface area contributed by atoms with Crippen molar-refractivity contribution in [1.82, 2.24) is 14.5 Å². The van der Waals surface area contributed by atoms with E-state index in [1.165, 1.54) is 17.5 Å². The van der Waals surface area contributed by atoms with Gasteiger partial charge in [0.15, 0.2) is 0 Å². The quantitative estimate of drug-likeness (QED) is 0.804. The zero-order valence-corrected chi connectivity index (χ0v) is 12.3. The predicted octanol–water partition coefficient (Wildman–Crippen LogP) is 3.00. The standard InChI is InChI=1S/C15H20ClN3/c1-11-3-4-14-13(9-11)17-15(5-7-16)19(14)12-6-8-18(2)10-12/h3-4,9,12H,5-8,10H2,1-2H3. The number of aromatic nitrogens is 2. The van der Waals surface area contributed by atoms with Crippen LogP contribution >= 0.6 is 11.6 Å². The molecular formula is C15H20ClN3. The molecule has 0 radical (unpaired) electrons. The van der Waals surface area contributed by atoms with E-state index in [4.69, 9.17) is 16.6 Å². The molecule has 3 rings (SSSR count). The van der Waals surface area contributed by atoms with E-state index in [1.807, 2.05) is 0 Å². The lowest BCUT2D eigenvalue weighted by Crippen LogP contribution is -2.18. The van der Waals surface area contributed by atoms with Crippen molar-refractivity contribution in [2.75, 3.05) is 26.0 Å². The second-order valence-corrected chi connectivity index (χ2v) is 5.91. The maximum absolute atomic E-state index is 5.94. The zero-order chi connectivity index (χ0) is 13.4. The first-order valence-electron chi connectivity index (χ1n) is 6.91. The Bertz CT molecular complexity index is 590. The van der Waals surface area contributed by atoms with Crippen LogP contribution in [-0.2, 0) is 6.42 Å². The molecule has 1 aliphatic heterocycles. The van der Waals surface area contributed by atoms with Crippen LogP contribution in [0.15, 0.2) is 18.2 Å². The molecule has 102 valence electrons. The lowest BCUT2D eigenvalue weighted by molar-refractivity contribution is 0.392. The van der Waals surface area contributed by atoms with Crippen LogP contribution in [0, 0.1) is 6.92 Å². The number of hydrogen-bond acceptors (Lipinski definition) is 2. The van der Waals surface area contributed by atoms with Crippen LogP contribution in [0.2, 0.25) is 0 Å². The summed E-state index contributed by atoms with van der Waals surface area (Å²) in [5.41, 5.74) is 3.62. The molecular weight excluding hydrogens is 258 g/mol. The number of hydrogen-bond donors (Lipinski definition) is 0. The summed E-state index contributed by atoms with van der Waals surface area (Å²) >= 11 is 5.94. The molecule has 1 aromatic carbocycles. The van der Waals surface area contributed by atoms with Gasteiger partial charge in [0, 0.05) is 24.9 Å². The highest BCUT2D eigenvalue weighted by Crippen LogP contribution is 2.28. The highest BCUT2D eigenvalue weighted by Gasteiger charge is 2.25. The van der Waals surface area contributed by atoms with Crippen LogP contribution < -0.4 is 0 Å². The Morgan fingerprint density at radius 3 is 2.95 bits per heavy atom. The van der Waals surface area contributed by atoms with Crippen LogP contribution in [0.5, 0.6) is 0 Å². The number of benzene rings is 1. The van der Waals surface area contributed by atoms with Gasteiger partial charge in [0.05, 0.1) is 11.0 Å². The minimum absolute atomic E-state index is 0.538. The van der Waals surface area contributed by atoms with E-state index < -0.39 is 0 Å². The van der Waals surface area contributed by atoms with E-state index in [1.54, 1.807) is 0 Å². The van der Waals surface area contributed by atoms with Gasteiger partial charge in [-0.15, -0.1) is 11.6 Å². The molecule has 19 heavy (non-hydrogen) atoms. The zero-order valence-electron chi connectivity index (χ0n) is 11.6. The first-order chi connectivity index (χ1) is 9.19.